The van der Waals surface area contributed by atoms with Crippen molar-refractivity contribution in [3.05, 3.63) is 140 Å². The van der Waals surface area contributed by atoms with Gasteiger partial charge in [0.25, 0.3) is 0 Å². The van der Waals surface area contributed by atoms with Gasteiger partial charge in [-0.25, -0.2) is 16.8 Å². The zero-order valence-electron chi connectivity index (χ0n) is 40.8. The van der Waals surface area contributed by atoms with Crippen molar-refractivity contribution in [3.8, 4) is 34.6 Å². The molecule has 0 bridgehead atoms. The first-order valence-corrected chi connectivity index (χ1v) is 28.7. The van der Waals surface area contributed by atoms with Crippen molar-refractivity contribution in [2.24, 2.45) is 0 Å². The van der Waals surface area contributed by atoms with Crippen LogP contribution in [0.15, 0.2) is 95.2 Å². The number of carbonyl (C=O) groups is 2. The second-order valence-electron chi connectivity index (χ2n) is 19.0. The van der Waals surface area contributed by atoms with Crippen LogP contribution in [0.1, 0.15) is 95.2 Å². The highest BCUT2D eigenvalue weighted by atomic mass is 35.5. The van der Waals surface area contributed by atoms with Gasteiger partial charge >= 0.3 is 5.97 Å². The fourth-order valence-corrected chi connectivity index (χ4v) is 11.4. The van der Waals surface area contributed by atoms with Crippen molar-refractivity contribution >= 4 is 54.8 Å². The smallest absolute Gasteiger partial charge is 0.305 e. The fraction of sp³-hybridized carbons (Fsp3) is 0.358. The van der Waals surface area contributed by atoms with Crippen LogP contribution in [0.25, 0.3) is 11.1 Å². The summed E-state index contributed by atoms with van der Waals surface area (Å²) in [6.45, 7) is 0.0118. The zero-order valence-corrected chi connectivity index (χ0v) is 44.0. The third kappa shape index (κ3) is 12.6. The second kappa shape index (κ2) is 22.4. The van der Waals surface area contributed by atoms with Crippen molar-refractivity contribution < 1.29 is 60.7 Å². The first-order chi connectivity index (χ1) is 35.8. The highest BCUT2D eigenvalue weighted by Crippen LogP contribution is 2.46. The number of likely N-dealkylation sites (tertiary alicyclic amines) is 1. The lowest BCUT2D eigenvalue weighted by atomic mass is 9.91. The molecule has 18 nitrogen and oxygen atoms in total. The van der Waals surface area contributed by atoms with Gasteiger partial charge in [0, 0.05) is 66.1 Å². The molecule has 1 fully saturated rings. The van der Waals surface area contributed by atoms with Crippen molar-refractivity contribution in [1.82, 2.24) is 24.8 Å². The summed E-state index contributed by atoms with van der Waals surface area (Å²) in [7, 11) is -7.07. The molecule has 22 heteroatoms. The average molecular weight is 1100 g/mol. The molecular formula is C53H53Cl2N5O13S2. The Kier molecular flexibility index (Phi) is 16.0. The Labute approximate surface area is 443 Å². The van der Waals surface area contributed by atoms with E-state index in [0.29, 0.717) is 60.8 Å². The van der Waals surface area contributed by atoms with Gasteiger partial charge in [0.15, 0.2) is 19.7 Å². The van der Waals surface area contributed by atoms with Crippen molar-refractivity contribution in [1.29, 1.82) is 0 Å². The molecule has 0 saturated carbocycles. The maximum absolute atomic E-state index is 12.7. The molecule has 4 atom stereocenters. The molecular weight excluding hydrogens is 1050 g/mol. The minimum Gasteiger partial charge on any atom is -0.481 e. The molecule has 9 rings (SSSR count). The van der Waals surface area contributed by atoms with E-state index in [1.165, 1.54) is 41.8 Å². The molecule has 1 aliphatic heterocycles. The monoisotopic (exact) mass is 1100 g/mol. The molecule has 2 aromatic carbocycles. The lowest BCUT2D eigenvalue weighted by Crippen LogP contribution is -2.25. The number of β-amino-alcohol motifs (C(OH)–C–C–N with tert-alkyl or cyclic N) is 1. The lowest BCUT2D eigenvalue weighted by Gasteiger charge is -2.21. The Morgan fingerprint density at radius 1 is 0.747 bits per heavy atom. The number of carbonyl (C=O) groups excluding carboxylic acids is 1. The number of aliphatic hydroxyl groups is 2. The first-order valence-electron chi connectivity index (χ1n) is 24.1. The van der Waals surface area contributed by atoms with E-state index < -0.39 is 50.1 Å². The Morgan fingerprint density at radius 3 is 1.73 bits per heavy atom. The Balaban J connectivity index is 0.951. The van der Waals surface area contributed by atoms with Crippen LogP contribution in [-0.2, 0) is 68.3 Å². The summed E-state index contributed by atoms with van der Waals surface area (Å²) in [6, 6.07) is 18.4. The number of sulfone groups is 2. The minimum atomic E-state index is -3.54. The number of nitrogens with zero attached hydrogens (tertiary/aromatic N) is 5. The van der Waals surface area contributed by atoms with Crippen LogP contribution in [0.3, 0.4) is 0 Å². The van der Waals surface area contributed by atoms with E-state index in [-0.39, 0.29) is 94.8 Å². The molecule has 1 saturated heterocycles. The van der Waals surface area contributed by atoms with Crippen LogP contribution in [0.5, 0.6) is 23.5 Å². The largest absolute Gasteiger partial charge is 0.481 e. The predicted molar refractivity (Wildman–Crippen MR) is 274 cm³/mol. The number of fused-ring (bicyclic) bond motifs is 2. The zero-order chi connectivity index (χ0) is 53.2. The molecule has 2 aliphatic carbocycles. The minimum absolute atomic E-state index is 0.00613. The van der Waals surface area contributed by atoms with Gasteiger partial charge in [0.1, 0.15) is 35.5 Å². The van der Waals surface area contributed by atoms with Crippen LogP contribution in [0.2, 0.25) is 10.0 Å². The number of rotatable bonds is 21. The molecule has 394 valence electrons. The van der Waals surface area contributed by atoms with Crippen LogP contribution in [0.4, 0.5) is 0 Å². The van der Waals surface area contributed by atoms with Gasteiger partial charge in [-0.05, 0) is 103 Å². The number of aliphatic carboxylic acids is 1. The van der Waals surface area contributed by atoms with Crippen LogP contribution in [0, 0.1) is 0 Å². The van der Waals surface area contributed by atoms with E-state index in [0.717, 1.165) is 45.9 Å². The van der Waals surface area contributed by atoms with Gasteiger partial charge in [-0.3, -0.25) is 19.6 Å². The molecule has 3 aliphatic rings. The molecule has 0 radical (unpaired) electrons. The average Bonchev–Trinajstić information content (AvgIpc) is 4.07. The molecule has 6 aromatic rings. The van der Waals surface area contributed by atoms with E-state index in [1.807, 2.05) is 24.3 Å². The molecule has 0 spiro atoms. The first kappa shape index (κ1) is 53.4. The standard InChI is InChI=1S/C53H53Cl2N5O13S2/c1-74(66,67)36-16-30(22-56-24-36)28-70-50-32(6-3-7-34(61)21-49(64)65)18-44(54)52(58-50)72-46-14-12-40-38(8-4-10-42(40)46)39-9-5-11-43-41(39)13-15-47(43)73-53-45(55)19-33(26-60-27-35(62)20-48(60)63)51(59-53)71-29-31-17-37(25-57-23-31)75(2,68)69/h4-5,8-11,16-19,22-25,34-35,46-47,61-62H,3,6-7,12-15,20-21,26-29H2,1-2H3,(H,64,65)/t34-,35+,46+,47+/m1/s1. The van der Waals surface area contributed by atoms with Gasteiger partial charge < -0.3 is 39.2 Å². The van der Waals surface area contributed by atoms with E-state index in [4.69, 9.17) is 57.2 Å². The molecule has 3 N–H and O–H groups in total. The van der Waals surface area contributed by atoms with Crippen molar-refractivity contribution in [2.45, 2.75) is 112 Å². The quantitative estimate of drug-likeness (QED) is 0.0627. The van der Waals surface area contributed by atoms with E-state index in [2.05, 4.69) is 22.1 Å². The summed E-state index contributed by atoms with van der Waals surface area (Å²) in [5, 5.41) is 29.9. The van der Waals surface area contributed by atoms with Gasteiger partial charge in [-0.2, -0.15) is 9.97 Å². The fourth-order valence-electron chi connectivity index (χ4n) is 9.68. The van der Waals surface area contributed by atoms with E-state index >= 15 is 0 Å². The van der Waals surface area contributed by atoms with Crippen LogP contribution < -0.4 is 18.9 Å². The third-order valence-corrected chi connectivity index (χ3v) is 16.0. The van der Waals surface area contributed by atoms with Crippen LogP contribution in [-0.4, -0.2) is 100 Å². The van der Waals surface area contributed by atoms with Crippen molar-refractivity contribution in [3.63, 3.8) is 0 Å². The van der Waals surface area contributed by atoms with E-state index in [1.54, 1.807) is 12.1 Å². The number of ether oxygens (including phenoxy) is 4. The molecule has 5 heterocycles. The van der Waals surface area contributed by atoms with Gasteiger partial charge in [-0.1, -0.05) is 59.6 Å². The van der Waals surface area contributed by atoms with Gasteiger partial charge in [0.05, 0.1) is 41.4 Å². The maximum Gasteiger partial charge on any atom is 0.305 e. The number of aliphatic hydroxyl groups excluding tert-OH is 2. The van der Waals surface area contributed by atoms with Gasteiger partial charge in [-0.15, -0.1) is 0 Å². The third-order valence-electron chi connectivity index (χ3n) is 13.3. The number of pyridine rings is 4. The normalized spacial score (nSPS) is 17.7. The highest BCUT2D eigenvalue weighted by molar-refractivity contribution is 7.91. The Hall–Kier alpha value is -6.42. The SMILES string of the molecule is CS(=O)(=O)c1cncc(COc2nc(O[C@H]3CCc4c(-c5cccc6c5CC[C@@H]6Oc5nc(OCc6cncc(S(C)(=O)=O)c6)c(CN6C[C@@H](O)CC6=O)cc5Cl)cccc43)c(Cl)cc2CCC[C@@H](O)CC(=O)O)c1. The molecule has 4 aromatic heterocycles. The molecule has 75 heavy (non-hydrogen) atoms. The summed E-state index contributed by atoms with van der Waals surface area (Å²) in [5.74, 6) is -0.801. The highest BCUT2D eigenvalue weighted by Gasteiger charge is 2.34. The number of aryl methyl sites for hydroxylation is 1. The number of halogens is 2. The number of carboxylic acids is 1. The molecule has 0 unspecified atom stereocenters. The van der Waals surface area contributed by atoms with Crippen molar-refractivity contribution in [2.75, 3.05) is 19.1 Å². The number of hydrogen-bond acceptors (Lipinski definition) is 16. The second-order valence-corrected chi connectivity index (χ2v) is 23.8. The molecule has 1 amide bonds. The maximum atomic E-state index is 12.7. The lowest BCUT2D eigenvalue weighted by molar-refractivity contribution is -0.139. The summed E-state index contributed by atoms with van der Waals surface area (Å²) in [4.78, 5) is 43.0. The number of hydrogen-bond donors (Lipinski definition) is 3. The summed E-state index contributed by atoms with van der Waals surface area (Å²) in [6.07, 6.45) is 8.12. The van der Waals surface area contributed by atoms with E-state index in [9.17, 15) is 36.6 Å². The Bertz CT molecular complexity index is 3400. The summed E-state index contributed by atoms with van der Waals surface area (Å²) in [5.41, 5.74) is 8.21. The number of carboxylic acid groups (broad SMARTS) is 1. The summed E-state index contributed by atoms with van der Waals surface area (Å²) < 4.78 is 74.6. The van der Waals surface area contributed by atoms with Crippen LogP contribution >= 0.6 is 23.2 Å². The van der Waals surface area contributed by atoms with Gasteiger partial charge in [0.2, 0.25) is 29.4 Å². The topological polar surface area (TPSA) is 255 Å². The Morgan fingerprint density at radius 2 is 1.25 bits per heavy atom. The number of benzene rings is 2. The number of amides is 1. The summed E-state index contributed by atoms with van der Waals surface area (Å²) >= 11 is 13.8. The predicted octanol–water partition coefficient (Wildman–Crippen LogP) is 7.59. The number of aromatic nitrogens is 4.